The van der Waals surface area contributed by atoms with Gasteiger partial charge in [-0.15, -0.1) is 6.58 Å². The summed E-state index contributed by atoms with van der Waals surface area (Å²) >= 11 is 0. The van der Waals surface area contributed by atoms with Crippen molar-refractivity contribution in [3.8, 4) is 0 Å². The molecule has 2 fully saturated rings. The normalized spacial score (nSPS) is 26.0. The molecule has 0 unspecified atom stereocenters. The zero-order valence-corrected chi connectivity index (χ0v) is 29.8. The van der Waals surface area contributed by atoms with Crippen molar-refractivity contribution < 1.29 is 62.2 Å². The quantitative estimate of drug-likeness (QED) is 0.105. The first-order valence-corrected chi connectivity index (χ1v) is 17.6. The van der Waals surface area contributed by atoms with Gasteiger partial charge < -0.3 is 43.0 Å². The van der Waals surface area contributed by atoms with Crippen LogP contribution in [0.3, 0.4) is 0 Å². The third kappa shape index (κ3) is 9.70. The molecule has 13 heteroatoms. The van der Waals surface area contributed by atoms with Gasteiger partial charge in [-0.3, -0.25) is 0 Å². The van der Waals surface area contributed by atoms with E-state index < -0.39 is 85.8 Å². The highest BCUT2D eigenvalue weighted by Crippen LogP contribution is 2.35. The maximum atomic E-state index is 13.6. The van der Waals surface area contributed by atoms with Gasteiger partial charge in [0.1, 0.15) is 24.9 Å². The summed E-state index contributed by atoms with van der Waals surface area (Å²) in [6.45, 7) is 4.81. The van der Waals surface area contributed by atoms with E-state index in [1.165, 1.54) is 18.2 Å². The number of rotatable bonds is 14. The number of carbonyl (C=O) groups is 4. The van der Waals surface area contributed by atoms with Crippen molar-refractivity contribution in [3.05, 3.63) is 156 Å². The monoisotopic (exact) mass is 752 g/mol. The Hall–Kier alpha value is -5.70. The number of benzene rings is 4. The Morgan fingerprint density at radius 1 is 0.600 bits per heavy atom. The van der Waals surface area contributed by atoms with Gasteiger partial charge in [-0.2, -0.15) is 0 Å². The van der Waals surface area contributed by atoms with Crippen LogP contribution in [0.5, 0.6) is 0 Å². The summed E-state index contributed by atoms with van der Waals surface area (Å²) in [5.41, 5.74) is 0.853. The van der Waals surface area contributed by atoms with Gasteiger partial charge in [0.05, 0.1) is 35.0 Å². The van der Waals surface area contributed by atoms with E-state index in [-0.39, 0.29) is 28.9 Å². The highest BCUT2D eigenvalue weighted by Gasteiger charge is 2.55. The standard InChI is InChI=1S/C42H40O13/c1-3-24-48-41-35(53-39(46)29-20-12-6-13-21-29)32(43)33(26(2)50-41)55-42-36(54-40(47)30-22-14-7-15-23-30)34(52-38(45)28-18-10-5-11-19-28)31(51-42)25-49-37(44)27-16-8-4-9-17-27/h3-23,26,31-36,41-43H,1,24-25H2,2H3/t26-,31-,32+,33-,34-,35+,36+,41+,42-/m0/s1. The van der Waals surface area contributed by atoms with Gasteiger partial charge in [0.25, 0.3) is 0 Å². The van der Waals surface area contributed by atoms with Crippen molar-refractivity contribution in [2.24, 2.45) is 0 Å². The van der Waals surface area contributed by atoms with Crippen LogP contribution in [-0.4, -0.2) is 97.5 Å². The van der Waals surface area contributed by atoms with Gasteiger partial charge in [0.15, 0.2) is 30.9 Å². The summed E-state index contributed by atoms with van der Waals surface area (Å²) in [7, 11) is 0. The maximum absolute atomic E-state index is 13.6. The fourth-order valence-electron chi connectivity index (χ4n) is 6.08. The first-order chi connectivity index (χ1) is 26.7. The predicted molar refractivity (Wildman–Crippen MR) is 194 cm³/mol. The van der Waals surface area contributed by atoms with Crippen LogP contribution in [0.1, 0.15) is 48.4 Å². The fourth-order valence-corrected chi connectivity index (χ4v) is 6.08. The lowest BCUT2D eigenvalue weighted by Crippen LogP contribution is -2.61. The molecule has 0 radical (unpaired) electrons. The molecule has 4 aromatic rings. The summed E-state index contributed by atoms with van der Waals surface area (Å²) < 4.78 is 47.7. The molecule has 1 N–H and O–H groups in total. The molecular formula is C42H40O13. The topological polar surface area (TPSA) is 162 Å². The summed E-state index contributed by atoms with van der Waals surface area (Å²) in [5.74, 6) is -3.02. The van der Waals surface area contributed by atoms with Crippen molar-refractivity contribution in [1.82, 2.24) is 0 Å². The number of aliphatic hydroxyl groups excluding tert-OH is 1. The molecule has 0 saturated carbocycles. The smallest absolute Gasteiger partial charge is 0.338 e. The van der Waals surface area contributed by atoms with E-state index in [4.69, 9.17) is 37.9 Å². The minimum atomic E-state index is -1.58. The van der Waals surface area contributed by atoms with Crippen LogP contribution in [0.15, 0.2) is 134 Å². The average Bonchev–Trinajstić information content (AvgIpc) is 3.54. The lowest BCUT2D eigenvalue weighted by Gasteiger charge is -2.43. The molecule has 0 spiro atoms. The Morgan fingerprint density at radius 2 is 1.04 bits per heavy atom. The Kier molecular flexibility index (Phi) is 13.2. The van der Waals surface area contributed by atoms with Crippen LogP contribution in [0.2, 0.25) is 0 Å². The Balaban J connectivity index is 1.30. The van der Waals surface area contributed by atoms with Gasteiger partial charge in [0.2, 0.25) is 0 Å². The predicted octanol–water partition coefficient (Wildman–Crippen LogP) is 4.94. The fraction of sp³-hybridized carbons (Fsp3) is 0.286. The van der Waals surface area contributed by atoms with E-state index in [1.807, 2.05) is 0 Å². The van der Waals surface area contributed by atoms with Crippen LogP contribution >= 0.6 is 0 Å². The van der Waals surface area contributed by atoms with E-state index in [9.17, 15) is 24.3 Å². The number of hydrogen-bond donors (Lipinski definition) is 1. The van der Waals surface area contributed by atoms with Crippen LogP contribution in [0, 0.1) is 0 Å². The molecule has 0 amide bonds. The average molecular weight is 753 g/mol. The van der Waals surface area contributed by atoms with E-state index in [0.29, 0.717) is 0 Å². The van der Waals surface area contributed by atoms with E-state index in [1.54, 1.807) is 116 Å². The second-order valence-electron chi connectivity index (χ2n) is 12.6. The second kappa shape index (κ2) is 18.6. The summed E-state index contributed by atoms with van der Waals surface area (Å²) in [4.78, 5) is 53.2. The minimum Gasteiger partial charge on any atom is -0.459 e. The minimum absolute atomic E-state index is 0.0100. The van der Waals surface area contributed by atoms with Gasteiger partial charge in [-0.1, -0.05) is 78.9 Å². The van der Waals surface area contributed by atoms with E-state index >= 15 is 0 Å². The zero-order valence-electron chi connectivity index (χ0n) is 29.8. The van der Waals surface area contributed by atoms with Crippen molar-refractivity contribution in [2.45, 2.75) is 62.2 Å². The van der Waals surface area contributed by atoms with Crippen molar-refractivity contribution in [3.63, 3.8) is 0 Å². The molecule has 286 valence electrons. The number of carbonyl (C=O) groups excluding carboxylic acids is 4. The molecule has 2 aliphatic heterocycles. The molecule has 4 aromatic carbocycles. The Morgan fingerprint density at radius 3 is 1.51 bits per heavy atom. The molecule has 2 saturated heterocycles. The largest absolute Gasteiger partial charge is 0.459 e. The maximum Gasteiger partial charge on any atom is 0.338 e. The van der Waals surface area contributed by atoms with Crippen molar-refractivity contribution in [2.75, 3.05) is 13.2 Å². The van der Waals surface area contributed by atoms with Crippen molar-refractivity contribution >= 4 is 23.9 Å². The second-order valence-corrected chi connectivity index (χ2v) is 12.6. The molecule has 2 heterocycles. The number of ether oxygens (including phenoxy) is 8. The third-order valence-corrected chi connectivity index (χ3v) is 8.84. The van der Waals surface area contributed by atoms with Gasteiger partial charge in [-0.25, -0.2) is 19.2 Å². The van der Waals surface area contributed by atoms with Crippen LogP contribution in [-0.2, 0) is 37.9 Å². The van der Waals surface area contributed by atoms with Crippen LogP contribution in [0.25, 0.3) is 0 Å². The molecule has 2 aliphatic rings. The number of hydrogen-bond acceptors (Lipinski definition) is 13. The van der Waals surface area contributed by atoms with Crippen LogP contribution < -0.4 is 0 Å². The third-order valence-electron chi connectivity index (χ3n) is 8.84. The first kappa shape index (κ1) is 39.0. The summed E-state index contributed by atoms with van der Waals surface area (Å²) in [6.07, 6.45) is -10.6. The summed E-state index contributed by atoms with van der Waals surface area (Å²) in [5, 5.41) is 11.8. The highest BCUT2D eigenvalue weighted by atomic mass is 16.8. The summed E-state index contributed by atoms with van der Waals surface area (Å²) in [6, 6.07) is 32.6. The lowest BCUT2D eigenvalue weighted by atomic mass is 9.99. The Bertz CT molecular complexity index is 1890. The molecule has 6 rings (SSSR count). The number of esters is 4. The molecule has 55 heavy (non-hydrogen) atoms. The SMILES string of the molecule is C=CCO[C@@H]1O[C@@H](C)[C@H](O[C@@H]2O[C@@H](COC(=O)c3ccccc3)[C@H](OC(=O)c3ccccc3)[C@H]2OC(=O)c2ccccc2)[C@@H](O)[C@H]1OC(=O)c1ccccc1. The van der Waals surface area contributed by atoms with Crippen LogP contribution in [0.4, 0.5) is 0 Å². The van der Waals surface area contributed by atoms with E-state index in [0.717, 1.165) is 0 Å². The molecule has 0 bridgehead atoms. The zero-order chi connectivity index (χ0) is 38.7. The lowest BCUT2D eigenvalue weighted by molar-refractivity contribution is -0.320. The molecular weight excluding hydrogens is 712 g/mol. The van der Waals surface area contributed by atoms with Gasteiger partial charge in [-0.05, 0) is 55.5 Å². The first-order valence-electron chi connectivity index (χ1n) is 17.6. The molecule has 13 nitrogen and oxygen atoms in total. The van der Waals surface area contributed by atoms with Crippen molar-refractivity contribution in [1.29, 1.82) is 0 Å². The Labute approximate surface area is 317 Å². The molecule has 0 aliphatic carbocycles. The van der Waals surface area contributed by atoms with E-state index in [2.05, 4.69) is 6.58 Å². The molecule has 9 atom stereocenters. The van der Waals surface area contributed by atoms with Gasteiger partial charge >= 0.3 is 23.9 Å². The highest BCUT2D eigenvalue weighted by molar-refractivity contribution is 5.91. The molecule has 0 aromatic heterocycles. The van der Waals surface area contributed by atoms with Gasteiger partial charge in [0, 0.05) is 0 Å². The number of aliphatic hydroxyl groups is 1.